The fourth-order valence-corrected chi connectivity index (χ4v) is 3.12. The van der Waals surface area contributed by atoms with Gasteiger partial charge in [0.25, 0.3) is 5.91 Å². The van der Waals surface area contributed by atoms with Gasteiger partial charge in [-0.05, 0) is 42.8 Å². The Hall–Kier alpha value is -3.51. The Morgan fingerprint density at radius 2 is 1.85 bits per heavy atom. The number of sulfone groups is 1. The van der Waals surface area contributed by atoms with E-state index in [1.54, 1.807) is 25.1 Å². The summed E-state index contributed by atoms with van der Waals surface area (Å²) < 4.78 is 24.0. The number of nitrogens with two attached hydrogens (primary N) is 3. The Balaban J connectivity index is 2.73. The van der Waals surface area contributed by atoms with Gasteiger partial charge < -0.3 is 22.5 Å². The van der Waals surface area contributed by atoms with E-state index in [2.05, 4.69) is 5.32 Å². The maximum atomic E-state index is 12.0. The van der Waals surface area contributed by atoms with Crippen LogP contribution in [0, 0.1) is 18.3 Å². The molecule has 9 heteroatoms. The molecule has 0 unspecified atom stereocenters. The second-order valence-corrected chi connectivity index (χ2v) is 7.96. The van der Waals surface area contributed by atoms with Crippen molar-refractivity contribution >= 4 is 32.8 Å². The smallest absolute Gasteiger partial charge is 0.266 e. The zero-order valence-electron chi connectivity index (χ0n) is 14.8. The van der Waals surface area contributed by atoms with Crippen molar-refractivity contribution in [2.24, 2.45) is 11.5 Å². The number of hydrogen-bond acceptors (Lipinski definition) is 7. The highest BCUT2D eigenvalue weighted by molar-refractivity contribution is 7.90. The molecule has 0 radical (unpaired) electrons. The van der Waals surface area contributed by atoms with Crippen molar-refractivity contribution in [3.05, 3.63) is 58.8 Å². The highest BCUT2D eigenvalue weighted by Crippen LogP contribution is 2.30. The number of nitrogens with zero attached hydrogens (tertiary/aromatic N) is 1. The van der Waals surface area contributed by atoms with Gasteiger partial charge in [0.15, 0.2) is 9.84 Å². The molecule has 0 fully saturated rings. The summed E-state index contributed by atoms with van der Waals surface area (Å²) in [4.78, 5) is 11.7. The van der Waals surface area contributed by atoms with Crippen molar-refractivity contribution in [1.82, 2.24) is 0 Å². The molecule has 0 aliphatic carbocycles. The molecular formula is C18H19N5O3S. The quantitative estimate of drug-likeness (QED) is 0.441. The Bertz CT molecular complexity index is 1100. The van der Waals surface area contributed by atoms with Crippen LogP contribution in [0.1, 0.15) is 16.7 Å². The topological polar surface area (TPSA) is 165 Å². The average molecular weight is 385 g/mol. The van der Waals surface area contributed by atoms with Crippen LogP contribution in [0.3, 0.4) is 0 Å². The van der Waals surface area contributed by atoms with E-state index in [0.29, 0.717) is 16.8 Å². The summed E-state index contributed by atoms with van der Waals surface area (Å²) in [5.74, 6) is -0.907. The number of anilines is 2. The number of carbonyl (C=O) groups excluding carboxylic acids is 1. The van der Waals surface area contributed by atoms with E-state index >= 15 is 0 Å². The number of nitrogens with one attached hydrogen (secondary N) is 1. The SMILES string of the molecule is Cc1cc(S(C)(=O)=O)cc(/C(Nc2cccc(C#N)c2)=C(\N)C(N)=O)c1N. The van der Waals surface area contributed by atoms with Gasteiger partial charge in [-0.2, -0.15) is 5.26 Å². The summed E-state index contributed by atoms with van der Waals surface area (Å²) in [6, 6.07) is 11.2. The molecule has 8 nitrogen and oxygen atoms in total. The molecule has 0 saturated heterocycles. The molecule has 2 rings (SSSR count). The number of nitriles is 1. The normalized spacial score (nSPS) is 12.0. The molecule has 0 saturated carbocycles. The number of primary amides is 1. The lowest BCUT2D eigenvalue weighted by Crippen LogP contribution is -2.24. The van der Waals surface area contributed by atoms with Gasteiger partial charge in [-0.15, -0.1) is 0 Å². The van der Waals surface area contributed by atoms with Crippen molar-refractivity contribution in [2.75, 3.05) is 17.3 Å². The van der Waals surface area contributed by atoms with Crippen LogP contribution in [0.4, 0.5) is 11.4 Å². The zero-order chi connectivity index (χ0) is 20.4. The predicted octanol–water partition coefficient (Wildman–Crippen LogP) is 1.08. The van der Waals surface area contributed by atoms with Gasteiger partial charge in [0.1, 0.15) is 5.70 Å². The molecule has 27 heavy (non-hydrogen) atoms. The van der Waals surface area contributed by atoms with Crippen molar-refractivity contribution in [3.8, 4) is 6.07 Å². The molecule has 1 amide bonds. The average Bonchev–Trinajstić information content (AvgIpc) is 2.60. The van der Waals surface area contributed by atoms with Gasteiger partial charge in [-0.1, -0.05) is 6.07 Å². The third-order valence-electron chi connectivity index (χ3n) is 3.85. The largest absolute Gasteiger partial charge is 0.398 e. The molecule has 0 heterocycles. The van der Waals surface area contributed by atoms with Gasteiger partial charge in [-0.3, -0.25) is 4.79 Å². The van der Waals surface area contributed by atoms with Gasteiger partial charge >= 0.3 is 0 Å². The summed E-state index contributed by atoms with van der Waals surface area (Å²) in [6.07, 6.45) is 1.06. The van der Waals surface area contributed by atoms with Crippen molar-refractivity contribution in [2.45, 2.75) is 11.8 Å². The molecule has 0 aliphatic rings. The van der Waals surface area contributed by atoms with Crippen LogP contribution in [0.15, 0.2) is 47.0 Å². The number of benzene rings is 2. The molecule has 7 N–H and O–H groups in total. The van der Waals surface area contributed by atoms with E-state index in [1.807, 2.05) is 6.07 Å². The molecule has 140 valence electrons. The predicted molar refractivity (Wildman–Crippen MR) is 104 cm³/mol. The first-order valence-electron chi connectivity index (χ1n) is 7.72. The lowest BCUT2D eigenvalue weighted by atomic mass is 10.0. The van der Waals surface area contributed by atoms with Crippen LogP contribution >= 0.6 is 0 Å². The van der Waals surface area contributed by atoms with Crippen LogP contribution in [0.2, 0.25) is 0 Å². The highest BCUT2D eigenvalue weighted by Gasteiger charge is 2.19. The number of nitrogen functional groups attached to an aromatic ring is 1. The van der Waals surface area contributed by atoms with Crippen molar-refractivity contribution < 1.29 is 13.2 Å². The molecule has 0 atom stereocenters. The number of aryl methyl sites for hydroxylation is 1. The second kappa shape index (κ2) is 7.39. The monoisotopic (exact) mass is 385 g/mol. The Morgan fingerprint density at radius 1 is 1.19 bits per heavy atom. The standard InChI is InChI=1S/C18H19N5O3S/c1-10-6-13(27(2,25)26)8-14(15(10)20)17(16(21)18(22)24)23-12-5-3-4-11(7-12)9-19/h3-8,23H,20-21H2,1-2H3,(H2,22,24)/b17-16+. The van der Waals surface area contributed by atoms with E-state index in [0.717, 1.165) is 6.26 Å². The van der Waals surface area contributed by atoms with E-state index in [1.165, 1.54) is 18.2 Å². The summed E-state index contributed by atoms with van der Waals surface area (Å²) in [6.45, 7) is 1.64. The lowest BCUT2D eigenvalue weighted by molar-refractivity contribution is -0.114. The number of carbonyl (C=O) groups is 1. The molecule has 2 aromatic rings. The first kappa shape index (κ1) is 19.8. The van der Waals surface area contributed by atoms with Gasteiger partial charge in [0.05, 0.1) is 22.2 Å². The minimum atomic E-state index is -3.53. The molecule has 0 bridgehead atoms. The molecule has 0 aromatic heterocycles. The second-order valence-electron chi connectivity index (χ2n) is 5.94. The van der Waals surface area contributed by atoms with Gasteiger partial charge in [0.2, 0.25) is 0 Å². The summed E-state index contributed by atoms with van der Waals surface area (Å²) in [5.41, 5.74) is 18.8. The zero-order valence-corrected chi connectivity index (χ0v) is 15.6. The summed E-state index contributed by atoms with van der Waals surface area (Å²) in [5, 5.41) is 12.0. The van der Waals surface area contributed by atoms with Gasteiger partial charge in [-0.25, -0.2) is 8.42 Å². The van der Waals surface area contributed by atoms with Crippen LogP contribution in [-0.2, 0) is 14.6 Å². The van der Waals surface area contributed by atoms with Crippen LogP contribution in [-0.4, -0.2) is 20.6 Å². The van der Waals surface area contributed by atoms with Crippen molar-refractivity contribution in [3.63, 3.8) is 0 Å². The Morgan fingerprint density at radius 3 is 2.41 bits per heavy atom. The maximum Gasteiger partial charge on any atom is 0.266 e. The maximum absolute atomic E-state index is 12.0. The fourth-order valence-electron chi connectivity index (χ4n) is 2.40. The van der Waals surface area contributed by atoms with E-state index < -0.39 is 15.7 Å². The van der Waals surface area contributed by atoms with E-state index in [9.17, 15) is 13.2 Å². The number of rotatable bonds is 5. The molecule has 0 aliphatic heterocycles. The minimum absolute atomic E-state index is 0.0199. The Labute approximate surface area is 157 Å². The Kier molecular flexibility index (Phi) is 5.42. The third kappa shape index (κ3) is 4.37. The third-order valence-corrected chi connectivity index (χ3v) is 4.95. The lowest BCUT2D eigenvalue weighted by Gasteiger charge is -2.18. The van der Waals surface area contributed by atoms with Gasteiger partial charge in [0, 0.05) is 23.2 Å². The first-order valence-corrected chi connectivity index (χ1v) is 9.61. The summed E-state index contributed by atoms with van der Waals surface area (Å²) in [7, 11) is -3.53. The molecule has 2 aromatic carbocycles. The minimum Gasteiger partial charge on any atom is -0.398 e. The fraction of sp³-hybridized carbons (Fsp3) is 0.111. The molecule has 0 spiro atoms. The van der Waals surface area contributed by atoms with Crippen LogP contribution in [0.25, 0.3) is 5.70 Å². The van der Waals surface area contributed by atoms with Crippen LogP contribution in [0.5, 0.6) is 0 Å². The number of amides is 1. The summed E-state index contributed by atoms with van der Waals surface area (Å²) >= 11 is 0. The van der Waals surface area contributed by atoms with Crippen LogP contribution < -0.4 is 22.5 Å². The number of hydrogen-bond donors (Lipinski definition) is 4. The highest BCUT2D eigenvalue weighted by atomic mass is 32.2. The van der Waals surface area contributed by atoms with E-state index in [4.69, 9.17) is 22.5 Å². The first-order chi connectivity index (χ1) is 12.5. The molecular weight excluding hydrogens is 366 g/mol. The van der Waals surface area contributed by atoms with E-state index in [-0.39, 0.29) is 27.5 Å². The van der Waals surface area contributed by atoms with Crippen molar-refractivity contribution in [1.29, 1.82) is 5.26 Å².